The number of benzene rings is 1. The van der Waals surface area contributed by atoms with Crippen LogP contribution in [0.15, 0.2) is 30.9 Å². The van der Waals surface area contributed by atoms with Crippen molar-refractivity contribution >= 4 is 0 Å². The summed E-state index contributed by atoms with van der Waals surface area (Å²) in [5.41, 5.74) is 7.75. The maximum atomic E-state index is 12.7. The Hall–Kier alpha value is -1.15. The number of nitrogens with two attached hydrogens (primary N) is 1. The quantitative estimate of drug-likeness (QED) is 0.709. The molecule has 1 rings (SSSR count). The summed E-state index contributed by atoms with van der Waals surface area (Å²) in [6.45, 7) is 5.48. The third-order valence-electron chi connectivity index (χ3n) is 2.05. The Labute approximate surface area is 78.1 Å². The summed E-state index contributed by atoms with van der Waals surface area (Å²) in [6, 6.07) is 4.60. The van der Waals surface area contributed by atoms with Gasteiger partial charge in [-0.25, -0.2) is 4.39 Å². The van der Waals surface area contributed by atoms with Gasteiger partial charge in [0.2, 0.25) is 0 Å². The molecule has 0 heterocycles. The first-order chi connectivity index (χ1) is 6.15. The van der Waals surface area contributed by atoms with Crippen LogP contribution in [0.3, 0.4) is 0 Å². The monoisotopic (exact) mass is 179 g/mol. The highest BCUT2D eigenvalue weighted by Gasteiger charge is 2.07. The minimum atomic E-state index is -0.216. The van der Waals surface area contributed by atoms with Gasteiger partial charge in [0.15, 0.2) is 0 Å². The molecule has 0 saturated heterocycles. The fourth-order valence-corrected chi connectivity index (χ4v) is 1.36. The second-order valence-corrected chi connectivity index (χ2v) is 3.13. The SMILES string of the molecule is C=CC[C@@H](N)c1ccc(F)cc1C. The average molecular weight is 179 g/mol. The van der Waals surface area contributed by atoms with Crippen LogP contribution in [0.5, 0.6) is 0 Å². The molecule has 0 aliphatic heterocycles. The summed E-state index contributed by atoms with van der Waals surface area (Å²) in [5, 5.41) is 0. The molecule has 2 N–H and O–H groups in total. The van der Waals surface area contributed by atoms with Crippen LogP contribution >= 0.6 is 0 Å². The van der Waals surface area contributed by atoms with Crippen LogP contribution in [0.2, 0.25) is 0 Å². The fourth-order valence-electron chi connectivity index (χ4n) is 1.36. The van der Waals surface area contributed by atoms with E-state index in [0.717, 1.165) is 11.1 Å². The molecule has 13 heavy (non-hydrogen) atoms. The van der Waals surface area contributed by atoms with E-state index in [1.807, 2.05) is 6.92 Å². The van der Waals surface area contributed by atoms with Gasteiger partial charge < -0.3 is 5.73 Å². The molecule has 0 amide bonds. The fraction of sp³-hybridized carbons (Fsp3) is 0.273. The van der Waals surface area contributed by atoms with Crippen LogP contribution in [0, 0.1) is 12.7 Å². The van der Waals surface area contributed by atoms with Crippen molar-refractivity contribution in [3.63, 3.8) is 0 Å². The first-order valence-corrected chi connectivity index (χ1v) is 4.27. The third-order valence-corrected chi connectivity index (χ3v) is 2.05. The van der Waals surface area contributed by atoms with Gasteiger partial charge in [-0.15, -0.1) is 6.58 Å². The van der Waals surface area contributed by atoms with Crippen molar-refractivity contribution < 1.29 is 4.39 Å². The van der Waals surface area contributed by atoms with Gasteiger partial charge in [-0.05, 0) is 36.6 Å². The van der Waals surface area contributed by atoms with Crippen LogP contribution in [0.4, 0.5) is 4.39 Å². The molecule has 2 heteroatoms. The molecule has 0 bridgehead atoms. The van der Waals surface area contributed by atoms with E-state index in [-0.39, 0.29) is 11.9 Å². The largest absolute Gasteiger partial charge is 0.324 e. The van der Waals surface area contributed by atoms with E-state index in [2.05, 4.69) is 6.58 Å². The third kappa shape index (κ3) is 2.39. The molecule has 0 unspecified atom stereocenters. The molecule has 0 radical (unpaired) electrons. The van der Waals surface area contributed by atoms with Crippen LogP contribution in [-0.2, 0) is 0 Å². The van der Waals surface area contributed by atoms with Crippen molar-refractivity contribution in [2.45, 2.75) is 19.4 Å². The number of hydrogen-bond donors (Lipinski definition) is 1. The summed E-state index contributed by atoms with van der Waals surface area (Å²) >= 11 is 0. The van der Waals surface area contributed by atoms with E-state index < -0.39 is 0 Å². The molecule has 70 valence electrons. The molecule has 0 aliphatic carbocycles. The van der Waals surface area contributed by atoms with E-state index in [4.69, 9.17) is 5.73 Å². The molecule has 0 aliphatic rings. The lowest BCUT2D eigenvalue weighted by Crippen LogP contribution is -2.10. The lowest BCUT2D eigenvalue weighted by molar-refractivity contribution is 0.623. The Kier molecular flexibility index (Phi) is 3.20. The van der Waals surface area contributed by atoms with E-state index in [9.17, 15) is 4.39 Å². The second-order valence-electron chi connectivity index (χ2n) is 3.13. The summed E-state index contributed by atoms with van der Waals surface area (Å²) in [7, 11) is 0. The van der Waals surface area contributed by atoms with Gasteiger partial charge in [0.1, 0.15) is 5.82 Å². The molecule has 1 aromatic rings. The van der Waals surface area contributed by atoms with Crippen molar-refractivity contribution in [3.05, 3.63) is 47.8 Å². The van der Waals surface area contributed by atoms with Crippen LogP contribution in [0.25, 0.3) is 0 Å². The van der Waals surface area contributed by atoms with Gasteiger partial charge in [0.05, 0.1) is 0 Å². The summed E-state index contributed by atoms with van der Waals surface area (Å²) in [6.07, 6.45) is 2.49. The molecule has 0 aromatic heterocycles. The molecular formula is C11H14FN. The molecular weight excluding hydrogens is 165 g/mol. The summed E-state index contributed by atoms with van der Waals surface area (Å²) in [5.74, 6) is -0.216. The predicted octanol–water partition coefficient (Wildman–Crippen LogP) is 2.71. The number of hydrogen-bond acceptors (Lipinski definition) is 1. The van der Waals surface area contributed by atoms with Gasteiger partial charge in [-0.3, -0.25) is 0 Å². The van der Waals surface area contributed by atoms with Gasteiger partial charge >= 0.3 is 0 Å². The first kappa shape index (κ1) is 9.93. The predicted molar refractivity (Wildman–Crippen MR) is 52.9 cm³/mol. The molecule has 1 nitrogen and oxygen atoms in total. The van der Waals surface area contributed by atoms with Gasteiger partial charge in [0.25, 0.3) is 0 Å². The number of rotatable bonds is 3. The highest BCUT2D eigenvalue weighted by Crippen LogP contribution is 2.19. The normalized spacial score (nSPS) is 12.5. The molecule has 0 spiro atoms. The minimum Gasteiger partial charge on any atom is -0.324 e. The average Bonchev–Trinajstić information content (AvgIpc) is 2.04. The molecule has 1 aromatic carbocycles. The topological polar surface area (TPSA) is 26.0 Å². The minimum absolute atomic E-state index is 0.0712. The maximum Gasteiger partial charge on any atom is 0.123 e. The zero-order valence-corrected chi connectivity index (χ0v) is 7.76. The Morgan fingerprint density at radius 3 is 2.85 bits per heavy atom. The zero-order valence-electron chi connectivity index (χ0n) is 7.76. The zero-order chi connectivity index (χ0) is 9.84. The smallest absolute Gasteiger partial charge is 0.123 e. The molecule has 0 fully saturated rings. The Morgan fingerprint density at radius 2 is 2.31 bits per heavy atom. The Morgan fingerprint density at radius 1 is 1.62 bits per heavy atom. The van der Waals surface area contributed by atoms with Gasteiger partial charge in [0, 0.05) is 6.04 Å². The summed E-state index contributed by atoms with van der Waals surface area (Å²) < 4.78 is 12.7. The molecule has 1 atom stereocenters. The van der Waals surface area contributed by atoms with Crippen molar-refractivity contribution in [2.75, 3.05) is 0 Å². The van der Waals surface area contributed by atoms with Gasteiger partial charge in [-0.1, -0.05) is 12.1 Å². The van der Waals surface area contributed by atoms with Crippen molar-refractivity contribution in [3.8, 4) is 0 Å². The van der Waals surface area contributed by atoms with Crippen LogP contribution in [-0.4, -0.2) is 0 Å². The van der Waals surface area contributed by atoms with E-state index >= 15 is 0 Å². The van der Waals surface area contributed by atoms with Crippen LogP contribution in [0.1, 0.15) is 23.6 Å². The lowest BCUT2D eigenvalue weighted by atomic mass is 9.99. The maximum absolute atomic E-state index is 12.7. The van der Waals surface area contributed by atoms with Crippen molar-refractivity contribution in [2.24, 2.45) is 5.73 Å². The Balaban J connectivity index is 2.94. The van der Waals surface area contributed by atoms with Crippen molar-refractivity contribution in [1.82, 2.24) is 0 Å². The van der Waals surface area contributed by atoms with E-state index in [1.165, 1.54) is 12.1 Å². The highest BCUT2D eigenvalue weighted by molar-refractivity contribution is 5.29. The first-order valence-electron chi connectivity index (χ1n) is 4.27. The van der Waals surface area contributed by atoms with E-state index in [1.54, 1.807) is 12.1 Å². The van der Waals surface area contributed by atoms with E-state index in [0.29, 0.717) is 6.42 Å². The summed E-state index contributed by atoms with van der Waals surface area (Å²) in [4.78, 5) is 0. The molecule has 0 saturated carbocycles. The second kappa shape index (κ2) is 4.19. The lowest BCUT2D eigenvalue weighted by Gasteiger charge is -2.12. The number of halogens is 1. The highest BCUT2D eigenvalue weighted by atomic mass is 19.1. The standard InChI is InChI=1S/C11H14FN/c1-3-4-11(13)10-6-5-9(12)7-8(10)2/h3,5-7,11H,1,4,13H2,2H3/t11-/m1/s1. The van der Waals surface area contributed by atoms with Gasteiger partial charge in [-0.2, -0.15) is 0 Å². The Bertz CT molecular complexity index is 307. The van der Waals surface area contributed by atoms with Crippen molar-refractivity contribution in [1.29, 1.82) is 0 Å². The number of aryl methyl sites for hydroxylation is 1. The van der Waals surface area contributed by atoms with Crippen LogP contribution < -0.4 is 5.73 Å².